The minimum absolute atomic E-state index is 0.467. The summed E-state index contributed by atoms with van der Waals surface area (Å²) in [5.74, 6) is 1.09. The van der Waals surface area contributed by atoms with E-state index in [1.807, 2.05) is 24.0 Å². The Balaban J connectivity index is 1.72. The van der Waals surface area contributed by atoms with Gasteiger partial charge in [-0.15, -0.1) is 0 Å². The number of aromatic nitrogens is 2. The molecule has 0 spiro atoms. The summed E-state index contributed by atoms with van der Waals surface area (Å²) in [6, 6.07) is 0.608. The second-order valence-electron chi connectivity index (χ2n) is 3.86. The highest BCUT2D eigenvalue weighted by atomic mass is 16.5. The first-order valence-corrected chi connectivity index (χ1v) is 5.02. The maximum atomic E-state index is 5.22. The van der Waals surface area contributed by atoms with Crippen molar-refractivity contribution in [3.8, 4) is 0 Å². The van der Waals surface area contributed by atoms with Crippen LogP contribution in [0.15, 0.2) is 12.4 Å². The molecule has 0 bridgehead atoms. The first-order valence-electron chi connectivity index (χ1n) is 5.02. The lowest BCUT2D eigenvalue weighted by Crippen LogP contribution is -2.44. The monoisotopic (exact) mass is 195 g/mol. The van der Waals surface area contributed by atoms with E-state index in [4.69, 9.17) is 4.74 Å². The summed E-state index contributed by atoms with van der Waals surface area (Å²) in [6.45, 7) is 0.852. The van der Waals surface area contributed by atoms with Gasteiger partial charge in [-0.2, -0.15) is 0 Å². The van der Waals surface area contributed by atoms with Gasteiger partial charge in [-0.3, -0.25) is 0 Å². The molecule has 1 aromatic heterocycles. The lowest BCUT2D eigenvalue weighted by atomic mass is 9.89. The van der Waals surface area contributed by atoms with Crippen LogP contribution in [-0.2, 0) is 18.3 Å². The number of hydrogen-bond donors (Lipinski definition) is 1. The summed E-state index contributed by atoms with van der Waals surface area (Å²) in [5.41, 5.74) is 0. The largest absolute Gasteiger partial charge is 0.381 e. The molecule has 78 valence electrons. The van der Waals surface area contributed by atoms with E-state index >= 15 is 0 Å². The summed E-state index contributed by atoms with van der Waals surface area (Å²) >= 11 is 0. The van der Waals surface area contributed by atoms with Crippen molar-refractivity contribution in [3.05, 3.63) is 18.2 Å². The number of aryl methyl sites for hydroxylation is 1. The summed E-state index contributed by atoms with van der Waals surface area (Å²) in [5, 5.41) is 3.46. The van der Waals surface area contributed by atoms with E-state index in [1.54, 1.807) is 7.11 Å². The van der Waals surface area contributed by atoms with Crippen LogP contribution in [0.1, 0.15) is 18.7 Å². The van der Waals surface area contributed by atoms with E-state index in [2.05, 4.69) is 10.3 Å². The second kappa shape index (κ2) is 4.11. The first kappa shape index (κ1) is 9.68. The van der Waals surface area contributed by atoms with E-state index in [0.29, 0.717) is 12.1 Å². The molecule has 0 unspecified atom stereocenters. The van der Waals surface area contributed by atoms with Gasteiger partial charge in [0.15, 0.2) is 0 Å². The fraction of sp³-hybridized carbons (Fsp3) is 0.700. The van der Waals surface area contributed by atoms with Crippen LogP contribution in [0.5, 0.6) is 0 Å². The normalized spacial score (nSPS) is 26.1. The van der Waals surface area contributed by atoms with Gasteiger partial charge in [0.25, 0.3) is 0 Å². The number of nitrogens with one attached hydrogen (secondary N) is 1. The van der Waals surface area contributed by atoms with Gasteiger partial charge in [-0.1, -0.05) is 0 Å². The fourth-order valence-electron chi connectivity index (χ4n) is 1.73. The van der Waals surface area contributed by atoms with Gasteiger partial charge < -0.3 is 14.6 Å². The second-order valence-corrected chi connectivity index (χ2v) is 3.86. The minimum Gasteiger partial charge on any atom is -0.381 e. The summed E-state index contributed by atoms with van der Waals surface area (Å²) < 4.78 is 7.26. The van der Waals surface area contributed by atoms with Gasteiger partial charge in [0.1, 0.15) is 5.82 Å². The molecule has 0 amide bonds. The van der Waals surface area contributed by atoms with Crippen LogP contribution in [0.25, 0.3) is 0 Å². The Morgan fingerprint density at radius 2 is 2.43 bits per heavy atom. The molecular weight excluding hydrogens is 178 g/mol. The van der Waals surface area contributed by atoms with E-state index in [0.717, 1.165) is 25.2 Å². The number of nitrogens with zero attached hydrogens (tertiary/aromatic N) is 2. The fourth-order valence-corrected chi connectivity index (χ4v) is 1.73. The zero-order valence-electron chi connectivity index (χ0n) is 8.73. The Hall–Kier alpha value is -0.870. The molecule has 4 nitrogen and oxygen atoms in total. The molecular formula is C10H17N3O. The third kappa shape index (κ3) is 1.96. The van der Waals surface area contributed by atoms with Crippen LogP contribution in [0, 0.1) is 0 Å². The van der Waals surface area contributed by atoms with Crippen molar-refractivity contribution in [2.75, 3.05) is 7.11 Å². The van der Waals surface area contributed by atoms with Crippen molar-refractivity contribution in [1.29, 1.82) is 0 Å². The van der Waals surface area contributed by atoms with Gasteiger partial charge >= 0.3 is 0 Å². The van der Waals surface area contributed by atoms with Crippen LogP contribution < -0.4 is 5.32 Å². The number of methoxy groups -OCH3 is 1. The van der Waals surface area contributed by atoms with E-state index < -0.39 is 0 Å². The average Bonchev–Trinajstić information content (AvgIpc) is 2.49. The molecule has 1 N–H and O–H groups in total. The Labute approximate surface area is 84.3 Å². The maximum Gasteiger partial charge on any atom is 0.122 e. The Morgan fingerprint density at radius 3 is 3.00 bits per heavy atom. The first-order chi connectivity index (χ1) is 6.79. The molecule has 1 heterocycles. The maximum absolute atomic E-state index is 5.22. The molecule has 0 atom stereocenters. The molecule has 2 rings (SSSR count). The van der Waals surface area contributed by atoms with Crippen LogP contribution >= 0.6 is 0 Å². The molecule has 1 saturated carbocycles. The van der Waals surface area contributed by atoms with Crippen LogP contribution in [0.3, 0.4) is 0 Å². The third-order valence-corrected chi connectivity index (χ3v) is 2.90. The molecule has 1 aliphatic carbocycles. The third-order valence-electron chi connectivity index (χ3n) is 2.90. The lowest BCUT2D eigenvalue weighted by molar-refractivity contribution is 0.0167. The van der Waals surface area contributed by atoms with Crippen LogP contribution in [0.4, 0.5) is 0 Å². The number of hydrogen-bond acceptors (Lipinski definition) is 3. The Morgan fingerprint density at radius 1 is 1.64 bits per heavy atom. The predicted molar refractivity (Wildman–Crippen MR) is 53.9 cm³/mol. The van der Waals surface area contributed by atoms with Crippen molar-refractivity contribution in [1.82, 2.24) is 14.9 Å². The van der Waals surface area contributed by atoms with E-state index in [9.17, 15) is 0 Å². The van der Waals surface area contributed by atoms with Crippen molar-refractivity contribution in [2.24, 2.45) is 7.05 Å². The highest BCUT2D eigenvalue weighted by Gasteiger charge is 2.28. The van der Waals surface area contributed by atoms with Gasteiger partial charge in [0.05, 0.1) is 12.6 Å². The number of rotatable bonds is 4. The zero-order chi connectivity index (χ0) is 9.97. The molecule has 14 heavy (non-hydrogen) atoms. The summed E-state index contributed by atoms with van der Waals surface area (Å²) in [6.07, 6.45) is 6.52. The summed E-state index contributed by atoms with van der Waals surface area (Å²) in [7, 11) is 3.79. The highest BCUT2D eigenvalue weighted by Crippen LogP contribution is 2.22. The van der Waals surface area contributed by atoms with Gasteiger partial charge in [-0.05, 0) is 12.8 Å². The van der Waals surface area contributed by atoms with Crippen molar-refractivity contribution in [2.45, 2.75) is 31.5 Å². The molecule has 0 aliphatic heterocycles. The van der Waals surface area contributed by atoms with Gasteiger partial charge in [0.2, 0.25) is 0 Å². The zero-order valence-corrected chi connectivity index (χ0v) is 8.73. The van der Waals surface area contributed by atoms with Gasteiger partial charge in [-0.25, -0.2) is 4.98 Å². The molecule has 0 aromatic carbocycles. The highest BCUT2D eigenvalue weighted by molar-refractivity contribution is 4.93. The van der Waals surface area contributed by atoms with Crippen LogP contribution in [0.2, 0.25) is 0 Å². The topological polar surface area (TPSA) is 39.1 Å². The van der Waals surface area contributed by atoms with Crippen molar-refractivity contribution in [3.63, 3.8) is 0 Å². The van der Waals surface area contributed by atoms with Gasteiger partial charge in [0, 0.05) is 32.6 Å². The number of imidazole rings is 1. The minimum atomic E-state index is 0.467. The SMILES string of the molecule is COC1CC(NCc2nccn2C)C1. The molecule has 0 radical (unpaired) electrons. The molecule has 1 fully saturated rings. The summed E-state index contributed by atoms with van der Waals surface area (Å²) in [4.78, 5) is 4.25. The lowest BCUT2D eigenvalue weighted by Gasteiger charge is -2.34. The molecule has 0 saturated heterocycles. The quantitative estimate of drug-likeness (QED) is 0.768. The molecule has 1 aliphatic rings. The smallest absolute Gasteiger partial charge is 0.122 e. The Bertz CT molecular complexity index is 291. The van der Waals surface area contributed by atoms with Crippen molar-refractivity contribution < 1.29 is 4.74 Å². The van der Waals surface area contributed by atoms with Crippen LogP contribution in [-0.4, -0.2) is 28.8 Å². The van der Waals surface area contributed by atoms with E-state index in [-0.39, 0.29) is 0 Å². The number of ether oxygens (including phenoxy) is 1. The Kier molecular flexibility index (Phi) is 2.84. The van der Waals surface area contributed by atoms with E-state index in [1.165, 1.54) is 0 Å². The van der Waals surface area contributed by atoms with Crippen molar-refractivity contribution >= 4 is 0 Å². The molecule has 4 heteroatoms. The standard InChI is InChI=1S/C10H17N3O/c1-13-4-3-11-10(13)7-12-8-5-9(6-8)14-2/h3-4,8-9,12H,5-7H2,1-2H3. The average molecular weight is 195 g/mol. The predicted octanol–water partition coefficient (Wildman–Crippen LogP) is 0.687. The molecule has 1 aromatic rings.